The van der Waals surface area contributed by atoms with E-state index in [9.17, 15) is 17.6 Å². The van der Waals surface area contributed by atoms with Crippen molar-refractivity contribution in [2.75, 3.05) is 24.2 Å². The Labute approximate surface area is 194 Å². The summed E-state index contributed by atoms with van der Waals surface area (Å²) in [5, 5.41) is 11.4. The Morgan fingerprint density at radius 1 is 1.35 bits per heavy atom. The highest BCUT2D eigenvalue weighted by atomic mass is 35.5. The van der Waals surface area contributed by atoms with Gasteiger partial charge in [0, 0.05) is 35.3 Å². The van der Waals surface area contributed by atoms with Gasteiger partial charge in [0.25, 0.3) is 0 Å². The number of anilines is 1. The number of sulfonamides is 1. The first kappa shape index (κ1) is 24.4. The number of piperidine rings is 1. The van der Waals surface area contributed by atoms with E-state index in [-0.39, 0.29) is 35.5 Å². The van der Waals surface area contributed by atoms with Crippen LogP contribution in [0.1, 0.15) is 32.3 Å². The zero-order valence-corrected chi connectivity index (χ0v) is 20.4. The molecule has 1 amide bonds. The van der Waals surface area contributed by atoms with Gasteiger partial charge in [0.2, 0.25) is 21.1 Å². The van der Waals surface area contributed by atoms with Gasteiger partial charge in [-0.3, -0.25) is 4.79 Å². The van der Waals surface area contributed by atoms with E-state index < -0.39 is 21.6 Å². The van der Waals surface area contributed by atoms with E-state index in [2.05, 4.69) is 29.4 Å². The summed E-state index contributed by atoms with van der Waals surface area (Å²) in [7, 11) is -3.75. The monoisotopic (exact) mass is 506 g/mol. The molecular weight excluding hydrogens is 483 g/mol. The highest BCUT2D eigenvalue weighted by molar-refractivity contribution is 8.01. The summed E-state index contributed by atoms with van der Waals surface area (Å²) in [6, 6.07) is 4.08. The van der Waals surface area contributed by atoms with Crippen LogP contribution < -0.4 is 5.32 Å². The summed E-state index contributed by atoms with van der Waals surface area (Å²) in [4.78, 5) is 12.6. The van der Waals surface area contributed by atoms with E-state index in [0.29, 0.717) is 23.9 Å². The Hall–Kier alpha value is -1.27. The number of hydrogen-bond acceptors (Lipinski definition) is 7. The summed E-state index contributed by atoms with van der Waals surface area (Å²) < 4.78 is 41.5. The number of rotatable bonds is 8. The lowest BCUT2D eigenvalue weighted by atomic mass is 9.97. The molecule has 1 N–H and O–H groups in total. The summed E-state index contributed by atoms with van der Waals surface area (Å²) in [5.41, 5.74) is -0.0357. The van der Waals surface area contributed by atoms with Crippen LogP contribution in [0.5, 0.6) is 0 Å². The number of nitrogens with one attached hydrogen (secondary N) is 1. The van der Waals surface area contributed by atoms with Crippen molar-refractivity contribution in [1.82, 2.24) is 14.5 Å². The van der Waals surface area contributed by atoms with Gasteiger partial charge in [-0.05, 0) is 30.9 Å². The second-order valence-corrected chi connectivity index (χ2v) is 12.3. The van der Waals surface area contributed by atoms with Crippen LogP contribution >= 0.6 is 34.7 Å². The highest BCUT2D eigenvalue weighted by Gasteiger charge is 2.32. The molecule has 0 atom stereocenters. The van der Waals surface area contributed by atoms with Gasteiger partial charge in [-0.2, -0.15) is 0 Å². The number of nitrogens with zero attached hydrogens (tertiary/aromatic N) is 3. The number of thioether (sulfide) groups is 1. The molecule has 1 fully saturated rings. The minimum Gasteiger partial charge on any atom is -0.300 e. The standard InChI is InChI=1S/C19H24ClFN4O3S3/c1-12(2)10-29-19-24-23-18(30-19)22-17(26)13-6-8-25(9-7-13)31(27,28)11-14-15(20)4-3-5-16(14)21/h3-5,12-13H,6-11H2,1-2H3,(H,22,23,26). The molecule has 3 rings (SSSR count). The van der Waals surface area contributed by atoms with Crippen LogP contribution in [0.4, 0.5) is 9.52 Å². The number of carbonyl (C=O) groups is 1. The smallest absolute Gasteiger partial charge is 0.229 e. The highest BCUT2D eigenvalue weighted by Crippen LogP contribution is 2.29. The van der Waals surface area contributed by atoms with Crippen LogP contribution in [0.25, 0.3) is 0 Å². The van der Waals surface area contributed by atoms with Crippen LogP contribution in [0.3, 0.4) is 0 Å². The molecule has 0 radical (unpaired) electrons. The fourth-order valence-electron chi connectivity index (χ4n) is 3.10. The summed E-state index contributed by atoms with van der Waals surface area (Å²) in [5.74, 6) is -0.203. The second kappa shape index (κ2) is 10.6. The van der Waals surface area contributed by atoms with E-state index in [1.807, 2.05) is 0 Å². The van der Waals surface area contributed by atoms with Gasteiger partial charge in [0.15, 0.2) is 4.34 Å². The van der Waals surface area contributed by atoms with Crippen molar-refractivity contribution in [3.8, 4) is 0 Å². The molecule has 1 aromatic carbocycles. The third kappa shape index (κ3) is 6.61. The average Bonchev–Trinajstić information content (AvgIpc) is 3.17. The molecule has 1 aliphatic rings. The maximum absolute atomic E-state index is 14.0. The molecule has 0 aliphatic carbocycles. The van der Waals surface area contributed by atoms with Crippen LogP contribution in [0.2, 0.25) is 5.02 Å². The molecule has 0 unspecified atom stereocenters. The molecule has 0 spiro atoms. The summed E-state index contributed by atoms with van der Waals surface area (Å²) >= 11 is 8.90. The Bertz CT molecular complexity index is 1000. The lowest BCUT2D eigenvalue weighted by Crippen LogP contribution is -2.42. The van der Waals surface area contributed by atoms with Gasteiger partial charge in [-0.1, -0.05) is 54.6 Å². The van der Waals surface area contributed by atoms with Crippen molar-refractivity contribution in [3.63, 3.8) is 0 Å². The summed E-state index contributed by atoms with van der Waals surface area (Å²) in [6.45, 7) is 4.62. The number of carbonyl (C=O) groups excluding carboxylic acids is 1. The normalized spacial score (nSPS) is 16.0. The maximum atomic E-state index is 14.0. The number of hydrogen-bond donors (Lipinski definition) is 1. The predicted molar refractivity (Wildman–Crippen MR) is 122 cm³/mol. The molecule has 7 nitrogen and oxygen atoms in total. The van der Waals surface area contributed by atoms with Crippen LogP contribution in [-0.2, 0) is 20.6 Å². The minimum atomic E-state index is -3.75. The van der Waals surface area contributed by atoms with Crippen molar-refractivity contribution in [1.29, 1.82) is 0 Å². The minimum absolute atomic E-state index is 0.0357. The Morgan fingerprint density at radius 2 is 2.06 bits per heavy atom. The molecule has 2 aromatic rings. The number of aromatic nitrogens is 2. The van der Waals surface area contributed by atoms with Crippen LogP contribution in [-0.4, -0.2) is 47.7 Å². The Morgan fingerprint density at radius 3 is 2.71 bits per heavy atom. The third-order valence-electron chi connectivity index (χ3n) is 4.78. The topological polar surface area (TPSA) is 92.3 Å². The first-order valence-corrected chi connectivity index (χ1v) is 13.6. The molecule has 1 aromatic heterocycles. The number of benzene rings is 1. The van der Waals surface area contributed by atoms with Gasteiger partial charge in [-0.15, -0.1) is 10.2 Å². The van der Waals surface area contributed by atoms with Gasteiger partial charge >= 0.3 is 0 Å². The quantitative estimate of drug-likeness (QED) is 0.425. The first-order chi connectivity index (χ1) is 14.7. The number of amides is 1. The van der Waals surface area contributed by atoms with Crippen LogP contribution in [0.15, 0.2) is 22.5 Å². The zero-order valence-electron chi connectivity index (χ0n) is 17.2. The van der Waals surface area contributed by atoms with Crippen molar-refractivity contribution < 1.29 is 17.6 Å². The van der Waals surface area contributed by atoms with Crippen molar-refractivity contribution in [3.05, 3.63) is 34.6 Å². The van der Waals surface area contributed by atoms with Gasteiger partial charge < -0.3 is 5.32 Å². The third-order valence-corrected chi connectivity index (χ3v) is 9.34. The Balaban J connectivity index is 1.53. The second-order valence-electron chi connectivity index (χ2n) is 7.70. The molecule has 1 saturated heterocycles. The first-order valence-electron chi connectivity index (χ1n) is 9.83. The van der Waals surface area contributed by atoms with E-state index in [1.54, 1.807) is 11.8 Å². The molecule has 2 heterocycles. The van der Waals surface area contributed by atoms with Gasteiger partial charge in [0.05, 0.1) is 5.75 Å². The molecular formula is C19H24ClFN4O3S3. The lowest BCUT2D eigenvalue weighted by molar-refractivity contribution is -0.120. The lowest BCUT2D eigenvalue weighted by Gasteiger charge is -2.30. The van der Waals surface area contributed by atoms with Crippen molar-refractivity contribution in [2.24, 2.45) is 11.8 Å². The molecule has 0 saturated carbocycles. The SMILES string of the molecule is CC(C)CSc1nnc(NC(=O)C2CCN(S(=O)(=O)Cc3c(F)cccc3Cl)CC2)s1. The fraction of sp³-hybridized carbons (Fsp3) is 0.526. The van der Waals surface area contributed by atoms with Crippen molar-refractivity contribution >= 4 is 55.8 Å². The van der Waals surface area contributed by atoms with Crippen LogP contribution in [0, 0.1) is 17.7 Å². The van der Waals surface area contributed by atoms with E-state index in [1.165, 1.54) is 33.8 Å². The average molecular weight is 507 g/mol. The van der Waals surface area contributed by atoms with E-state index in [0.717, 1.165) is 10.1 Å². The largest absolute Gasteiger partial charge is 0.300 e. The van der Waals surface area contributed by atoms with Gasteiger partial charge in [-0.25, -0.2) is 17.1 Å². The van der Waals surface area contributed by atoms with Crippen molar-refractivity contribution in [2.45, 2.75) is 36.8 Å². The summed E-state index contributed by atoms with van der Waals surface area (Å²) in [6.07, 6.45) is 0.758. The zero-order chi connectivity index (χ0) is 22.6. The number of halogens is 2. The molecule has 0 bridgehead atoms. The van der Waals surface area contributed by atoms with E-state index >= 15 is 0 Å². The molecule has 170 valence electrons. The maximum Gasteiger partial charge on any atom is 0.229 e. The van der Waals surface area contributed by atoms with Gasteiger partial charge in [0.1, 0.15) is 5.82 Å². The Kier molecular flexibility index (Phi) is 8.31. The fourth-order valence-corrected chi connectivity index (χ4v) is 6.75. The molecule has 12 heteroatoms. The van der Waals surface area contributed by atoms with E-state index in [4.69, 9.17) is 11.6 Å². The molecule has 1 aliphatic heterocycles. The molecule has 31 heavy (non-hydrogen) atoms. The predicted octanol–water partition coefficient (Wildman–Crippen LogP) is 4.26.